The summed E-state index contributed by atoms with van der Waals surface area (Å²) >= 11 is 0. The third kappa shape index (κ3) is 6.38. The van der Waals surface area contributed by atoms with Crippen LogP contribution in [-0.2, 0) is 19.6 Å². The van der Waals surface area contributed by atoms with Crippen molar-refractivity contribution < 1.29 is 32.4 Å². The number of rotatable bonds is 11. The molecule has 1 aliphatic rings. The number of carbonyl (C=O) groups excluding carboxylic acids is 2. The molecule has 12 heteroatoms. The van der Waals surface area contributed by atoms with Gasteiger partial charge < -0.3 is 14.8 Å². The number of anilines is 1. The molecule has 0 atom stereocenters. The van der Waals surface area contributed by atoms with E-state index in [1.807, 2.05) is 0 Å². The van der Waals surface area contributed by atoms with E-state index in [0.717, 1.165) is 0 Å². The quantitative estimate of drug-likeness (QED) is 0.205. The second kappa shape index (κ2) is 12.0. The fourth-order valence-electron chi connectivity index (χ4n) is 3.92. The number of piperidine rings is 1. The van der Waals surface area contributed by atoms with Crippen LogP contribution in [0.1, 0.15) is 37.0 Å². The molecule has 0 bridgehead atoms. The highest BCUT2D eigenvalue weighted by Gasteiger charge is 2.33. The van der Waals surface area contributed by atoms with E-state index in [-0.39, 0.29) is 60.0 Å². The van der Waals surface area contributed by atoms with Crippen molar-refractivity contribution in [2.75, 3.05) is 38.2 Å². The summed E-state index contributed by atoms with van der Waals surface area (Å²) in [5, 5.41) is 14.2. The molecular weight excluding hydrogens is 490 g/mol. The Labute approximate surface area is 209 Å². The monoisotopic (exact) mass is 519 g/mol. The van der Waals surface area contributed by atoms with E-state index in [0.29, 0.717) is 25.2 Å². The van der Waals surface area contributed by atoms with Crippen molar-refractivity contribution in [3.05, 3.63) is 58.1 Å². The molecule has 0 amide bonds. The number of nitrogens with one attached hydrogen (secondary N) is 1. The zero-order valence-corrected chi connectivity index (χ0v) is 21.0. The normalized spacial score (nSPS) is 14.7. The van der Waals surface area contributed by atoms with Gasteiger partial charge in [0.25, 0.3) is 5.69 Å². The summed E-state index contributed by atoms with van der Waals surface area (Å²) in [4.78, 5) is 35.5. The van der Waals surface area contributed by atoms with Gasteiger partial charge in [-0.2, -0.15) is 4.31 Å². The van der Waals surface area contributed by atoms with Gasteiger partial charge >= 0.3 is 5.97 Å². The fraction of sp³-hybridized carbons (Fsp3) is 0.417. The van der Waals surface area contributed by atoms with Gasteiger partial charge in [-0.3, -0.25) is 19.7 Å². The summed E-state index contributed by atoms with van der Waals surface area (Å²) in [6.45, 7) is 4.18. The number of ketones is 1. The molecule has 0 spiro atoms. The first-order chi connectivity index (χ1) is 17.2. The van der Waals surface area contributed by atoms with Crippen molar-refractivity contribution >= 4 is 33.2 Å². The molecule has 3 rings (SSSR count). The molecule has 0 aliphatic carbocycles. The average Bonchev–Trinajstić information content (AvgIpc) is 2.88. The van der Waals surface area contributed by atoms with Gasteiger partial charge in [-0.05, 0) is 51.0 Å². The molecule has 2 aromatic rings. The summed E-state index contributed by atoms with van der Waals surface area (Å²) in [5.41, 5.74) is 0.0555. The number of nitro groups is 1. The number of esters is 1. The molecule has 0 aromatic heterocycles. The average molecular weight is 520 g/mol. The zero-order chi connectivity index (χ0) is 26.3. The van der Waals surface area contributed by atoms with Crippen LogP contribution in [0.15, 0.2) is 47.4 Å². The molecule has 36 heavy (non-hydrogen) atoms. The van der Waals surface area contributed by atoms with Crippen LogP contribution < -0.4 is 10.1 Å². The van der Waals surface area contributed by atoms with Crippen LogP contribution >= 0.6 is 0 Å². The van der Waals surface area contributed by atoms with Gasteiger partial charge in [-0.25, -0.2) is 8.42 Å². The highest BCUT2D eigenvalue weighted by Crippen LogP contribution is 2.29. The number of benzene rings is 2. The van der Waals surface area contributed by atoms with Crippen molar-refractivity contribution in [2.24, 2.45) is 5.92 Å². The van der Waals surface area contributed by atoms with E-state index in [2.05, 4.69) is 5.32 Å². The summed E-state index contributed by atoms with van der Waals surface area (Å²) in [5.74, 6) is -0.744. The summed E-state index contributed by atoms with van der Waals surface area (Å²) in [6, 6.07) is 9.96. The molecule has 11 nitrogen and oxygen atoms in total. The highest BCUT2D eigenvalue weighted by molar-refractivity contribution is 7.89. The lowest BCUT2D eigenvalue weighted by atomic mass is 9.98. The molecule has 0 saturated carbocycles. The predicted octanol–water partition coefficient (Wildman–Crippen LogP) is 3.25. The molecule has 1 heterocycles. The lowest BCUT2D eigenvalue weighted by Gasteiger charge is -2.30. The van der Waals surface area contributed by atoms with Gasteiger partial charge in [0.2, 0.25) is 10.0 Å². The fourth-order valence-corrected chi connectivity index (χ4v) is 5.43. The number of hydrogen-bond donors (Lipinski definition) is 1. The van der Waals surface area contributed by atoms with E-state index in [4.69, 9.17) is 9.47 Å². The minimum absolute atomic E-state index is 0.0324. The van der Waals surface area contributed by atoms with Gasteiger partial charge in [0.1, 0.15) is 11.4 Å². The SMILES string of the molecule is CCOC(=O)C1CCN(S(=O)(=O)c2cccc(C(=O)CNc3ccc(OCC)cc3[N+](=O)[O-])c2)CC1. The third-order valence-corrected chi connectivity index (χ3v) is 7.68. The van der Waals surface area contributed by atoms with Crippen LogP contribution in [-0.4, -0.2) is 62.2 Å². The van der Waals surface area contributed by atoms with E-state index in [9.17, 15) is 28.1 Å². The van der Waals surface area contributed by atoms with Gasteiger partial charge in [0.15, 0.2) is 5.78 Å². The van der Waals surface area contributed by atoms with E-state index in [1.54, 1.807) is 19.9 Å². The van der Waals surface area contributed by atoms with Crippen molar-refractivity contribution in [2.45, 2.75) is 31.6 Å². The zero-order valence-electron chi connectivity index (χ0n) is 20.1. The Morgan fingerprint density at radius 1 is 1.11 bits per heavy atom. The number of Topliss-reactive ketones (excluding diaryl/α,β-unsaturated/α-hetero) is 1. The summed E-state index contributed by atoms with van der Waals surface area (Å²) in [6.07, 6.45) is 0.725. The molecule has 1 aliphatic heterocycles. The molecule has 0 radical (unpaired) electrons. The van der Waals surface area contributed by atoms with Crippen LogP contribution in [0.5, 0.6) is 5.75 Å². The second-order valence-electron chi connectivity index (χ2n) is 8.10. The van der Waals surface area contributed by atoms with Crippen molar-refractivity contribution in [1.29, 1.82) is 0 Å². The molecule has 1 fully saturated rings. The van der Waals surface area contributed by atoms with Crippen LogP contribution in [0.2, 0.25) is 0 Å². The maximum Gasteiger partial charge on any atom is 0.309 e. The first-order valence-corrected chi connectivity index (χ1v) is 13.1. The van der Waals surface area contributed by atoms with Crippen molar-refractivity contribution in [1.82, 2.24) is 4.31 Å². The molecule has 194 valence electrons. The Kier molecular flexibility index (Phi) is 8.99. The maximum atomic E-state index is 13.1. The minimum atomic E-state index is -3.87. The summed E-state index contributed by atoms with van der Waals surface area (Å²) < 4.78 is 37.9. The number of sulfonamides is 1. The first-order valence-electron chi connectivity index (χ1n) is 11.6. The highest BCUT2D eigenvalue weighted by atomic mass is 32.2. The Balaban J connectivity index is 1.69. The summed E-state index contributed by atoms with van der Waals surface area (Å²) in [7, 11) is -3.87. The first kappa shape index (κ1) is 27.1. The number of hydrogen-bond acceptors (Lipinski definition) is 9. The number of nitro benzene ring substituents is 1. The third-order valence-electron chi connectivity index (χ3n) is 5.78. The van der Waals surface area contributed by atoms with E-state index < -0.39 is 20.7 Å². The predicted molar refractivity (Wildman–Crippen MR) is 132 cm³/mol. The Morgan fingerprint density at radius 3 is 2.47 bits per heavy atom. The van der Waals surface area contributed by atoms with Gasteiger partial charge in [0.05, 0.1) is 41.6 Å². The molecule has 0 unspecified atom stereocenters. The van der Waals surface area contributed by atoms with Gasteiger partial charge in [-0.1, -0.05) is 12.1 Å². The second-order valence-corrected chi connectivity index (χ2v) is 10.0. The molecular formula is C24H29N3O8S. The Bertz CT molecular complexity index is 1220. The topological polar surface area (TPSA) is 145 Å². The molecule has 1 saturated heterocycles. The molecule has 1 N–H and O–H groups in total. The van der Waals surface area contributed by atoms with E-state index >= 15 is 0 Å². The Morgan fingerprint density at radius 2 is 1.83 bits per heavy atom. The number of carbonyl (C=O) groups is 2. The minimum Gasteiger partial charge on any atom is -0.494 e. The lowest BCUT2D eigenvalue weighted by Crippen LogP contribution is -2.40. The standard InChI is InChI=1S/C24H29N3O8S/c1-3-34-19-8-9-21(22(15-19)27(30)31)25-16-23(28)18-6-5-7-20(14-18)36(32,33)26-12-10-17(11-13-26)24(29)35-4-2/h5-9,14-15,17,25H,3-4,10-13,16H2,1-2H3. The van der Waals surface area contributed by atoms with Crippen molar-refractivity contribution in [3.63, 3.8) is 0 Å². The lowest BCUT2D eigenvalue weighted by molar-refractivity contribution is -0.384. The van der Waals surface area contributed by atoms with Crippen LogP contribution in [0.25, 0.3) is 0 Å². The smallest absolute Gasteiger partial charge is 0.309 e. The number of ether oxygens (including phenoxy) is 2. The molecule has 2 aromatic carbocycles. The van der Waals surface area contributed by atoms with Crippen LogP contribution in [0.3, 0.4) is 0 Å². The van der Waals surface area contributed by atoms with Crippen LogP contribution in [0, 0.1) is 16.0 Å². The maximum absolute atomic E-state index is 13.1. The van der Waals surface area contributed by atoms with E-state index in [1.165, 1.54) is 40.7 Å². The largest absolute Gasteiger partial charge is 0.494 e. The van der Waals surface area contributed by atoms with Gasteiger partial charge in [0, 0.05) is 18.7 Å². The van der Waals surface area contributed by atoms with Crippen molar-refractivity contribution in [3.8, 4) is 5.75 Å². The van der Waals surface area contributed by atoms with Gasteiger partial charge in [-0.15, -0.1) is 0 Å². The van der Waals surface area contributed by atoms with Crippen LogP contribution in [0.4, 0.5) is 11.4 Å². The number of nitrogens with zero attached hydrogens (tertiary/aromatic N) is 2. The Hall–Kier alpha value is -3.51.